The number of aromatic amines is 1. The van der Waals surface area contributed by atoms with Crippen LogP contribution in [-0.2, 0) is 4.79 Å². The SMILES string of the molecule is N=C(N)c1ccc2nc(-c3ncccc3OCCN3CCCC3=O)[nH]c2c1. The largest absolute Gasteiger partial charge is 0.489 e. The zero-order valence-electron chi connectivity index (χ0n) is 14.7. The fourth-order valence-corrected chi connectivity index (χ4v) is 3.18. The molecule has 1 amide bonds. The molecule has 27 heavy (non-hydrogen) atoms. The highest BCUT2D eigenvalue weighted by Gasteiger charge is 2.20. The number of aromatic nitrogens is 3. The topological polar surface area (TPSA) is 121 Å². The van der Waals surface area contributed by atoms with Crippen molar-refractivity contribution in [3.8, 4) is 17.3 Å². The van der Waals surface area contributed by atoms with Crippen molar-refractivity contribution in [3.63, 3.8) is 0 Å². The molecule has 0 spiro atoms. The second-order valence-corrected chi connectivity index (χ2v) is 6.41. The number of nitrogens with zero attached hydrogens (tertiary/aromatic N) is 3. The third-order valence-corrected chi connectivity index (χ3v) is 4.58. The Morgan fingerprint density at radius 1 is 1.37 bits per heavy atom. The number of benzene rings is 1. The van der Waals surface area contributed by atoms with Gasteiger partial charge in [0.2, 0.25) is 5.91 Å². The Labute approximate surface area is 155 Å². The average Bonchev–Trinajstić information content (AvgIpc) is 3.27. The zero-order chi connectivity index (χ0) is 18.8. The van der Waals surface area contributed by atoms with E-state index in [1.165, 1.54) is 0 Å². The molecule has 3 heterocycles. The van der Waals surface area contributed by atoms with Gasteiger partial charge in [-0.05, 0) is 36.8 Å². The Morgan fingerprint density at radius 2 is 2.26 bits per heavy atom. The van der Waals surface area contributed by atoms with Crippen LogP contribution in [0.4, 0.5) is 0 Å². The highest BCUT2D eigenvalue weighted by Crippen LogP contribution is 2.27. The molecule has 4 rings (SSSR count). The van der Waals surface area contributed by atoms with Crippen molar-refractivity contribution in [2.75, 3.05) is 19.7 Å². The quantitative estimate of drug-likeness (QED) is 0.456. The predicted octanol–water partition coefficient (Wildman–Crippen LogP) is 1.91. The summed E-state index contributed by atoms with van der Waals surface area (Å²) in [7, 11) is 0. The Hall–Kier alpha value is -3.42. The number of H-pyrrole nitrogens is 1. The maximum Gasteiger partial charge on any atom is 0.222 e. The number of pyridine rings is 1. The number of likely N-dealkylation sites (tertiary alicyclic amines) is 1. The van der Waals surface area contributed by atoms with Crippen LogP contribution in [0.15, 0.2) is 36.5 Å². The normalized spacial score (nSPS) is 14.1. The monoisotopic (exact) mass is 364 g/mol. The van der Waals surface area contributed by atoms with Crippen LogP contribution in [0.2, 0.25) is 0 Å². The zero-order valence-corrected chi connectivity index (χ0v) is 14.7. The van der Waals surface area contributed by atoms with Gasteiger partial charge in [-0.25, -0.2) is 9.97 Å². The molecule has 2 aromatic heterocycles. The summed E-state index contributed by atoms with van der Waals surface area (Å²) < 4.78 is 5.89. The molecule has 1 fully saturated rings. The van der Waals surface area contributed by atoms with Crippen molar-refractivity contribution in [3.05, 3.63) is 42.1 Å². The lowest BCUT2D eigenvalue weighted by Crippen LogP contribution is -2.29. The highest BCUT2D eigenvalue weighted by atomic mass is 16.5. The number of amidine groups is 1. The number of nitrogens with two attached hydrogens (primary N) is 1. The van der Waals surface area contributed by atoms with Crippen LogP contribution < -0.4 is 10.5 Å². The van der Waals surface area contributed by atoms with Crippen LogP contribution in [0.3, 0.4) is 0 Å². The van der Waals surface area contributed by atoms with Gasteiger partial charge in [-0.15, -0.1) is 0 Å². The molecule has 1 aliphatic heterocycles. The number of hydrogen-bond donors (Lipinski definition) is 3. The maximum absolute atomic E-state index is 11.7. The number of hydrogen-bond acceptors (Lipinski definition) is 5. The summed E-state index contributed by atoms with van der Waals surface area (Å²) in [5, 5.41) is 7.56. The number of carbonyl (C=O) groups is 1. The van der Waals surface area contributed by atoms with Crippen LogP contribution in [0.1, 0.15) is 18.4 Å². The second kappa shape index (κ2) is 7.06. The van der Waals surface area contributed by atoms with E-state index in [-0.39, 0.29) is 11.7 Å². The van der Waals surface area contributed by atoms with E-state index in [2.05, 4.69) is 15.0 Å². The van der Waals surface area contributed by atoms with E-state index in [9.17, 15) is 4.79 Å². The smallest absolute Gasteiger partial charge is 0.222 e. The standard InChI is InChI=1S/C19H20N6O2/c20-18(21)12-5-6-13-14(11-12)24-19(23-13)17-15(3-1-7-22-17)27-10-9-25-8-2-4-16(25)26/h1,3,5-7,11H,2,4,8-10H2,(H3,20,21)(H,23,24). The lowest BCUT2D eigenvalue weighted by Gasteiger charge is -2.16. The predicted molar refractivity (Wildman–Crippen MR) is 102 cm³/mol. The fourth-order valence-electron chi connectivity index (χ4n) is 3.18. The van der Waals surface area contributed by atoms with Gasteiger partial charge in [-0.2, -0.15) is 0 Å². The summed E-state index contributed by atoms with van der Waals surface area (Å²) in [5.41, 5.74) is 8.32. The molecular weight excluding hydrogens is 344 g/mol. The molecule has 138 valence electrons. The number of rotatable bonds is 6. The van der Waals surface area contributed by atoms with E-state index < -0.39 is 0 Å². The van der Waals surface area contributed by atoms with Gasteiger partial charge in [-0.3, -0.25) is 10.2 Å². The molecule has 1 saturated heterocycles. The van der Waals surface area contributed by atoms with Gasteiger partial charge in [0.1, 0.15) is 23.9 Å². The number of fused-ring (bicyclic) bond motifs is 1. The fraction of sp³-hybridized carbons (Fsp3) is 0.263. The van der Waals surface area contributed by atoms with Crippen LogP contribution in [0.25, 0.3) is 22.6 Å². The first-order valence-electron chi connectivity index (χ1n) is 8.82. The third-order valence-electron chi connectivity index (χ3n) is 4.58. The molecule has 0 radical (unpaired) electrons. The first kappa shape index (κ1) is 17.0. The van der Waals surface area contributed by atoms with Crippen LogP contribution in [-0.4, -0.2) is 51.3 Å². The van der Waals surface area contributed by atoms with E-state index in [0.717, 1.165) is 24.0 Å². The van der Waals surface area contributed by atoms with Crippen molar-refractivity contribution >= 4 is 22.8 Å². The van der Waals surface area contributed by atoms with E-state index in [0.29, 0.717) is 42.4 Å². The molecule has 0 unspecified atom stereocenters. The summed E-state index contributed by atoms with van der Waals surface area (Å²) >= 11 is 0. The number of carbonyl (C=O) groups excluding carboxylic acids is 1. The van der Waals surface area contributed by atoms with Crippen LogP contribution in [0, 0.1) is 5.41 Å². The number of imidazole rings is 1. The molecule has 0 aliphatic carbocycles. The lowest BCUT2D eigenvalue weighted by molar-refractivity contribution is -0.128. The van der Waals surface area contributed by atoms with E-state index in [1.54, 1.807) is 24.4 Å². The minimum atomic E-state index is 0.00590. The summed E-state index contributed by atoms with van der Waals surface area (Å²) in [5.74, 6) is 1.38. The Bertz CT molecular complexity index is 1010. The Morgan fingerprint density at radius 3 is 3.04 bits per heavy atom. The summed E-state index contributed by atoms with van der Waals surface area (Å²) in [6, 6.07) is 9.00. The van der Waals surface area contributed by atoms with Gasteiger partial charge in [0, 0.05) is 24.7 Å². The number of amides is 1. The van der Waals surface area contributed by atoms with Gasteiger partial charge in [-0.1, -0.05) is 0 Å². The molecule has 0 atom stereocenters. The van der Waals surface area contributed by atoms with Gasteiger partial charge in [0.15, 0.2) is 5.82 Å². The highest BCUT2D eigenvalue weighted by molar-refractivity contribution is 5.98. The molecule has 0 saturated carbocycles. The van der Waals surface area contributed by atoms with Crippen molar-refractivity contribution in [2.45, 2.75) is 12.8 Å². The Balaban J connectivity index is 1.56. The summed E-state index contributed by atoms with van der Waals surface area (Å²) in [4.78, 5) is 25.7. The minimum absolute atomic E-state index is 0.00590. The molecule has 8 nitrogen and oxygen atoms in total. The van der Waals surface area contributed by atoms with E-state index >= 15 is 0 Å². The van der Waals surface area contributed by atoms with Crippen LogP contribution >= 0.6 is 0 Å². The van der Waals surface area contributed by atoms with Crippen LogP contribution in [0.5, 0.6) is 5.75 Å². The number of nitrogen functional groups attached to an aromatic ring is 1. The minimum Gasteiger partial charge on any atom is -0.489 e. The number of ether oxygens (including phenoxy) is 1. The van der Waals surface area contributed by atoms with Crippen molar-refractivity contribution < 1.29 is 9.53 Å². The molecule has 1 aromatic carbocycles. The van der Waals surface area contributed by atoms with Gasteiger partial charge in [0.05, 0.1) is 17.6 Å². The van der Waals surface area contributed by atoms with Crippen molar-refractivity contribution in [1.29, 1.82) is 5.41 Å². The Kier molecular flexibility index (Phi) is 4.45. The molecule has 8 heteroatoms. The maximum atomic E-state index is 11.7. The summed E-state index contributed by atoms with van der Waals surface area (Å²) in [6.45, 7) is 1.76. The van der Waals surface area contributed by atoms with E-state index in [4.69, 9.17) is 15.9 Å². The lowest BCUT2D eigenvalue weighted by atomic mass is 10.2. The van der Waals surface area contributed by atoms with E-state index in [1.807, 2.05) is 17.0 Å². The molecule has 1 aliphatic rings. The molecular formula is C19H20N6O2. The first-order chi connectivity index (χ1) is 13.1. The van der Waals surface area contributed by atoms with Gasteiger partial charge >= 0.3 is 0 Å². The second-order valence-electron chi connectivity index (χ2n) is 6.41. The van der Waals surface area contributed by atoms with Crippen molar-refractivity contribution in [2.24, 2.45) is 5.73 Å². The van der Waals surface area contributed by atoms with Gasteiger partial charge < -0.3 is 20.4 Å². The molecule has 0 bridgehead atoms. The first-order valence-corrected chi connectivity index (χ1v) is 8.82. The van der Waals surface area contributed by atoms with Gasteiger partial charge in [0.25, 0.3) is 0 Å². The summed E-state index contributed by atoms with van der Waals surface area (Å²) in [6.07, 6.45) is 3.22. The third kappa shape index (κ3) is 3.46. The van der Waals surface area contributed by atoms with Crippen molar-refractivity contribution in [1.82, 2.24) is 19.9 Å². The average molecular weight is 364 g/mol. The molecule has 4 N–H and O–H groups in total. The number of nitrogens with one attached hydrogen (secondary N) is 2. The molecule has 3 aromatic rings.